The number of carbonyl (C=O) groups is 2. The first-order chi connectivity index (χ1) is 13.4. The number of amides is 1. The van der Waals surface area contributed by atoms with Gasteiger partial charge in [0.05, 0.1) is 18.1 Å². The minimum absolute atomic E-state index is 0.120. The Hall–Kier alpha value is -2.57. The maximum atomic E-state index is 12.7. The Morgan fingerprint density at radius 3 is 2.36 bits per heavy atom. The van der Waals surface area contributed by atoms with Gasteiger partial charge in [-0.2, -0.15) is 0 Å². The van der Waals surface area contributed by atoms with Crippen LogP contribution in [0.5, 0.6) is 0 Å². The van der Waals surface area contributed by atoms with Crippen LogP contribution in [0, 0.1) is 5.92 Å². The first-order valence-electron chi connectivity index (χ1n) is 9.99. The van der Waals surface area contributed by atoms with Gasteiger partial charge in [-0.05, 0) is 50.7 Å². The van der Waals surface area contributed by atoms with E-state index >= 15 is 0 Å². The van der Waals surface area contributed by atoms with Crippen molar-refractivity contribution in [1.29, 1.82) is 0 Å². The van der Waals surface area contributed by atoms with Crippen molar-refractivity contribution in [3.8, 4) is 0 Å². The molecule has 7 heteroatoms. The highest BCUT2D eigenvalue weighted by atomic mass is 16.5. The van der Waals surface area contributed by atoms with Crippen LogP contribution in [-0.4, -0.2) is 33.7 Å². The molecule has 7 nitrogen and oxygen atoms in total. The Kier molecular flexibility index (Phi) is 5.91. The van der Waals surface area contributed by atoms with Gasteiger partial charge < -0.3 is 10.1 Å². The van der Waals surface area contributed by atoms with Crippen molar-refractivity contribution < 1.29 is 14.3 Å². The second kappa shape index (κ2) is 8.20. The van der Waals surface area contributed by atoms with Gasteiger partial charge in [0, 0.05) is 19.5 Å². The average Bonchev–Trinajstić information content (AvgIpc) is 2.98. The number of hydrogen-bond acceptors (Lipinski definition) is 4. The molecule has 152 valence electrons. The van der Waals surface area contributed by atoms with Crippen LogP contribution in [0.2, 0.25) is 0 Å². The number of benzene rings is 1. The molecule has 0 atom stereocenters. The molecule has 0 bridgehead atoms. The molecule has 0 unspecified atom stereocenters. The Labute approximate surface area is 164 Å². The maximum Gasteiger partial charge on any atom is 0.331 e. The molecule has 0 spiro atoms. The number of rotatable bonds is 6. The smallest absolute Gasteiger partial charge is 0.331 e. The Bertz CT molecular complexity index is 919. The lowest BCUT2D eigenvalue weighted by Gasteiger charge is -2.37. The van der Waals surface area contributed by atoms with Crippen LogP contribution in [0.4, 0.5) is 0 Å². The van der Waals surface area contributed by atoms with Gasteiger partial charge in [0.25, 0.3) is 0 Å². The Balaban J connectivity index is 1.75. The van der Waals surface area contributed by atoms with E-state index in [1.807, 2.05) is 31.2 Å². The summed E-state index contributed by atoms with van der Waals surface area (Å²) in [7, 11) is 1.35. The molecule has 3 rings (SSSR count). The summed E-state index contributed by atoms with van der Waals surface area (Å²) in [5.74, 6) is -0.0823. The van der Waals surface area contributed by atoms with Gasteiger partial charge in [-0.1, -0.05) is 19.1 Å². The fraction of sp³-hybridized carbons (Fsp3) is 0.571. The molecule has 1 aliphatic carbocycles. The Morgan fingerprint density at radius 2 is 1.79 bits per heavy atom. The molecule has 1 N–H and O–H groups in total. The number of fused-ring (bicyclic) bond motifs is 1. The van der Waals surface area contributed by atoms with Crippen molar-refractivity contribution in [3.05, 3.63) is 34.7 Å². The molecule has 0 aliphatic heterocycles. The summed E-state index contributed by atoms with van der Waals surface area (Å²) in [6.07, 6.45) is 3.05. The maximum absolute atomic E-state index is 12.7. The fourth-order valence-corrected chi connectivity index (χ4v) is 4.17. The lowest BCUT2D eigenvalue weighted by atomic mass is 9.77. The molecule has 1 saturated carbocycles. The Morgan fingerprint density at radius 1 is 1.18 bits per heavy atom. The van der Waals surface area contributed by atoms with Crippen LogP contribution < -0.4 is 11.0 Å². The molecule has 1 fully saturated rings. The van der Waals surface area contributed by atoms with Gasteiger partial charge in [0.1, 0.15) is 5.54 Å². The van der Waals surface area contributed by atoms with Gasteiger partial charge in [-0.15, -0.1) is 0 Å². The molecule has 0 saturated heterocycles. The number of nitrogens with one attached hydrogen (secondary N) is 1. The summed E-state index contributed by atoms with van der Waals surface area (Å²) in [5, 5.41) is 2.93. The number of aromatic nitrogens is 2. The van der Waals surface area contributed by atoms with Crippen LogP contribution >= 0.6 is 0 Å². The van der Waals surface area contributed by atoms with E-state index in [-0.39, 0.29) is 30.5 Å². The van der Waals surface area contributed by atoms with Crippen molar-refractivity contribution in [2.75, 3.05) is 7.11 Å². The van der Waals surface area contributed by atoms with E-state index in [1.54, 1.807) is 9.13 Å². The minimum Gasteiger partial charge on any atom is -0.467 e. The van der Waals surface area contributed by atoms with E-state index in [2.05, 4.69) is 12.2 Å². The second-order valence-corrected chi connectivity index (χ2v) is 7.72. The lowest BCUT2D eigenvalue weighted by molar-refractivity contribution is -0.153. The molecule has 1 aromatic heterocycles. The minimum atomic E-state index is -0.944. The third-order valence-corrected chi connectivity index (χ3v) is 5.89. The quantitative estimate of drug-likeness (QED) is 0.772. The predicted octanol–water partition coefficient (Wildman–Crippen LogP) is 2.45. The number of ether oxygens (including phenoxy) is 1. The second-order valence-electron chi connectivity index (χ2n) is 7.72. The van der Waals surface area contributed by atoms with E-state index in [0.29, 0.717) is 25.3 Å². The highest BCUT2D eigenvalue weighted by molar-refractivity contribution is 5.88. The number of carbonyl (C=O) groups excluding carboxylic acids is 2. The van der Waals surface area contributed by atoms with Gasteiger partial charge >= 0.3 is 11.7 Å². The number of aryl methyl sites for hydroxylation is 2. The first kappa shape index (κ1) is 20.2. The number of hydrogen-bond donors (Lipinski definition) is 1. The van der Waals surface area contributed by atoms with Crippen LogP contribution in [0.1, 0.15) is 46.0 Å². The van der Waals surface area contributed by atoms with Crippen LogP contribution in [0.25, 0.3) is 11.0 Å². The van der Waals surface area contributed by atoms with Crippen LogP contribution in [0.15, 0.2) is 29.1 Å². The number of methoxy groups -OCH3 is 1. The number of nitrogens with zero attached hydrogens (tertiary/aromatic N) is 2. The van der Waals surface area contributed by atoms with Crippen molar-refractivity contribution in [1.82, 2.24) is 14.5 Å². The summed E-state index contributed by atoms with van der Waals surface area (Å²) in [5.41, 5.74) is 0.616. The number of esters is 1. The molecule has 0 radical (unpaired) electrons. The molecular formula is C21H29N3O4. The van der Waals surface area contributed by atoms with Crippen molar-refractivity contribution in [2.45, 2.75) is 64.6 Å². The first-order valence-corrected chi connectivity index (χ1v) is 9.99. The summed E-state index contributed by atoms with van der Waals surface area (Å²) in [6.45, 7) is 4.92. The lowest BCUT2D eigenvalue weighted by Crippen LogP contribution is -2.56. The van der Waals surface area contributed by atoms with Gasteiger partial charge in [-0.3, -0.25) is 13.9 Å². The largest absolute Gasteiger partial charge is 0.467 e. The van der Waals surface area contributed by atoms with E-state index < -0.39 is 5.54 Å². The van der Waals surface area contributed by atoms with Crippen LogP contribution in [0.3, 0.4) is 0 Å². The summed E-state index contributed by atoms with van der Waals surface area (Å²) < 4.78 is 8.31. The van der Waals surface area contributed by atoms with Gasteiger partial charge in [-0.25, -0.2) is 9.59 Å². The highest BCUT2D eigenvalue weighted by Crippen LogP contribution is 2.33. The van der Waals surface area contributed by atoms with E-state index in [0.717, 1.165) is 23.9 Å². The number of para-hydroxylation sites is 2. The SMILES string of the molecule is CCn1c(=O)n(CCC(=O)NC2(C(=O)OC)CCC(C)CC2)c2ccccc21. The van der Waals surface area contributed by atoms with Crippen LogP contribution in [-0.2, 0) is 27.4 Å². The van der Waals surface area contributed by atoms with Crippen molar-refractivity contribution in [3.63, 3.8) is 0 Å². The van der Waals surface area contributed by atoms with E-state index in [1.165, 1.54) is 7.11 Å². The molecular weight excluding hydrogens is 358 g/mol. The predicted molar refractivity (Wildman–Crippen MR) is 107 cm³/mol. The topological polar surface area (TPSA) is 82.3 Å². The van der Waals surface area contributed by atoms with Gasteiger partial charge in [0.2, 0.25) is 5.91 Å². The average molecular weight is 387 g/mol. The van der Waals surface area contributed by atoms with Crippen molar-refractivity contribution in [2.24, 2.45) is 5.92 Å². The molecule has 28 heavy (non-hydrogen) atoms. The summed E-state index contributed by atoms with van der Waals surface area (Å²) in [4.78, 5) is 37.8. The van der Waals surface area contributed by atoms with E-state index in [4.69, 9.17) is 4.74 Å². The molecule has 1 heterocycles. The standard InChI is InChI=1S/C21H29N3O4/c1-4-23-16-7-5-6-8-17(16)24(20(23)27)14-11-18(25)22-21(19(26)28-3)12-9-15(2)10-13-21/h5-8,15H,4,9-14H2,1-3H3,(H,22,25). The molecule has 1 amide bonds. The normalized spacial score (nSPS) is 22.2. The highest BCUT2D eigenvalue weighted by Gasteiger charge is 2.43. The number of imidazole rings is 1. The summed E-state index contributed by atoms with van der Waals surface area (Å²) >= 11 is 0. The third-order valence-electron chi connectivity index (χ3n) is 5.89. The molecule has 1 aromatic carbocycles. The third kappa shape index (κ3) is 3.70. The summed E-state index contributed by atoms with van der Waals surface area (Å²) in [6, 6.07) is 7.58. The molecule has 2 aromatic rings. The van der Waals surface area contributed by atoms with E-state index in [9.17, 15) is 14.4 Å². The zero-order chi connectivity index (χ0) is 20.3. The molecule has 1 aliphatic rings. The zero-order valence-electron chi connectivity index (χ0n) is 16.9. The van der Waals surface area contributed by atoms with Crippen molar-refractivity contribution >= 4 is 22.9 Å². The zero-order valence-corrected chi connectivity index (χ0v) is 16.9. The monoisotopic (exact) mass is 387 g/mol. The fourth-order valence-electron chi connectivity index (χ4n) is 4.17. The van der Waals surface area contributed by atoms with Gasteiger partial charge in [0.15, 0.2) is 0 Å².